The van der Waals surface area contributed by atoms with Crippen molar-refractivity contribution in [2.75, 3.05) is 0 Å². The first-order valence-corrected chi connectivity index (χ1v) is 4.17. The lowest BCUT2D eigenvalue weighted by atomic mass is 10.0. The average molecular weight is 152 g/mol. The number of aliphatic imine (C=N–C) groups is 2. The number of rotatable bonds is 0. The summed E-state index contributed by atoms with van der Waals surface area (Å²) in [7, 11) is 0. The monoisotopic (exact) mass is 152 g/mol. The van der Waals surface area contributed by atoms with Gasteiger partial charge in [0.05, 0.1) is 11.6 Å². The zero-order chi connectivity index (χ0) is 6.97. The van der Waals surface area contributed by atoms with Crippen molar-refractivity contribution in [2.24, 2.45) is 15.9 Å². The Morgan fingerprint density at radius 2 is 2.50 bits per heavy atom. The van der Waals surface area contributed by atoms with Crippen LogP contribution in [0.2, 0.25) is 0 Å². The van der Waals surface area contributed by atoms with Gasteiger partial charge in [-0.1, -0.05) is 18.7 Å². The summed E-state index contributed by atoms with van der Waals surface area (Å²) in [6, 6.07) is 0.377. The second kappa shape index (κ2) is 2.23. The molecule has 10 heavy (non-hydrogen) atoms. The quantitative estimate of drug-likeness (QED) is 0.518. The minimum absolute atomic E-state index is 0.377. The Bertz CT molecular complexity index is 230. The molecule has 2 aliphatic rings. The summed E-state index contributed by atoms with van der Waals surface area (Å²) in [5.41, 5.74) is 1.90. The maximum atomic E-state index is 4.32. The molecule has 2 rings (SSSR count). The van der Waals surface area contributed by atoms with E-state index in [0.29, 0.717) is 12.0 Å². The molecule has 2 heterocycles. The van der Waals surface area contributed by atoms with Crippen molar-refractivity contribution < 1.29 is 0 Å². The molecule has 0 amide bonds. The highest BCUT2D eigenvalue weighted by atomic mass is 32.2. The van der Waals surface area contributed by atoms with Gasteiger partial charge in [0, 0.05) is 23.2 Å². The van der Waals surface area contributed by atoms with Crippen molar-refractivity contribution in [2.45, 2.75) is 13.0 Å². The van der Waals surface area contributed by atoms with Gasteiger partial charge in [0.1, 0.15) is 0 Å². The van der Waals surface area contributed by atoms with Crippen molar-refractivity contribution in [1.29, 1.82) is 0 Å². The fourth-order valence-corrected chi connectivity index (χ4v) is 1.99. The fourth-order valence-electron chi connectivity index (χ4n) is 1.14. The fraction of sp³-hybridized carbons (Fsp3) is 0.429. The average Bonchev–Trinajstić information content (AvgIpc) is 2.36. The van der Waals surface area contributed by atoms with Gasteiger partial charge in [-0.3, -0.25) is 9.98 Å². The second-order valence-corrected chi connectivity index (χ2v) is 3.42. The highest BCUT2D eigenvalue weighted by Gasteiger charge is 2.24. The zero-order valence-corrected chi connectivity index (χ0v) is 6.51. The van der Waals surface area contributed by atoms with Gasteiger partial charge in [-0.25, -0.2) is 0 Å². The second-order valence-electron chi connectivity index (χ2n) is 2.51. The first-order chi connectivity index (χ1) is 4.88. The molecular weight excluding hydrogens is 144 g/mol. The molecule has 0 saturated heterocycles. The third kappa shape index (κ3) is 0.814. The van der Waals surface area contributed by atoms with E-state index < -0.39 is 0 Å². The Kier molecular flexibility index (Phi) is 1.38. The first-order valence-electron chi connectivity index (χ1n) is 3.29. The summed E-state index contributed by atoms with van der Waals surface area (Å²) < 4.78 is 0. The third-order valence-electron chi connectivity index (χ3n) is 1.72. The Morgan fingerprint density at radius 1 is 1.60 bits per heavy atom. The molecule has 0 aromatic heterocycles. The van der Waals surface area contributed by atoms with Crippen LogP contribution in [-0.2, 0) is 0 Å². The van der Waals surface area contributed by atoms with Crippen LogP contribution in [0.25, 0.3) is 0 Å². The van der Waals surface area contributed by atoms with E-state index in [4.69, 9.17) is 0 Å². The smallest absolute Gasteiger partial charge is 0.0907 e. The molecule has 0 aromatic rings. The molecule has 2 atom stereocenters. The summed E-state index contributed by atoms with van der Waals surface area (Å²) >= 11 is 1.69. The molecule has 0 aliphatic carbocycles. The van der Waals surface area contributed by atoms with E-state index in [1.54, 1.807) is 11.8 Å². The van der Waals surface area contributed by atoms with Crippen LogP contribution in [-0.4, -0.2) is 17.8 Å². The van der Waals surface area contributed by atoms with Crippen molar-refractivity contribution in [3.05, 3.63) is 11.1 Å². The summed E-state index contributed by atoms with van der Waals surface area (Å²) in [4.78, 5) is 9.72. The standard InChI is InChI=1S/C7H8N2S/c1-5-2-8-3-6-7(5)9-4-10-6/h2-5,7H,1H3. The Morgan fingerprint density at radius 3 is 3.30 bits per heavy atom. The summed E-state index contributed by atoms with van der Waals surface area (Å²) in [5.74, 6) is 0.478. The molecule has 2 nitrogen and oxygen atoms in total. The first kappa shape index (κ1) is 6.16. The largest absolute Gasteiger partial charge is 0.277 e. The van der Waals surface area contributed by atoms with Crippen LogP contribution in [0.4, 0.5) is 0 Å². The van der Waals surface area contributed by atoms with Gasteiger partial charge in [0.2, 0.25) is 0 Å². The number of thioether (sulfide) groups is 1. The predicted octanol–water partition coefficient (Wildman–Crippen LogP) is 1.69. The number of hydrogen-bond donors (Lipinski definition) is 0. The third-order valence-corrected chi connectivity index (χ3v) is 2.57. The van der Waals surface area contributed by atoms with E-state index in [1.807, 2.05) is 18.0 Å². The molecule has 0 bridgehead atoms. The van der Waals surface area contributed by atoms with Gasteiger partial charge < -0.3 is 0 Å². The van der Waals surface area contributed by atoms with Crippen LogP contribution in [0.5, 0.6) is 0 Å². The van der Waals surface area contributed by atoms with Crippen molar-refractivity contribution in [3.8, 4) is 0 Å². The Hall–Kier alpha value is -0.570. The van der Waals surface area contributed by atoms with Crippen molar-refractivity contribution in [3.63, 3.8) is 0 Å². The lowest BCUT2D eigenvalue weighted by molar-refractivity contribution is 0.670. The van der Waals surface area contributed by atoms with E-state index in [-0.39, 0.29) is 0 Å². The molecule has 0 radical (unpaired) electrons. The molecule has 2 unspecified atom stereocenters. The maximum absolute atomic E-state index is 4.32. The van der Waals surface area contributed by atoms with Crippen LogP contribution >= 0.6 is 11.8 Å². The highest BCUT2D eigenvalue weighted by molar-refractivity contribution is 8.15. The van der Waals surface area contributed by atoms with E-state index in [2.05, 4.69) is 16.9 Å². The number of nitrogens with zero attached hydrogens (tertiary/aromatic N) is 2. The molecule has 0 spiro atoms. The molecule has 0 N–H and O–H groups in total. The lowest BCUT2D eigenvalue weighted by Crippen LogP contribution is -2.17. The Balaban J connectivity index is 2.31. The molecule has 0 fully saturated rings. The maximum Gasteiger partial charge on any atom is 0.0907 e. The van der Waals surface area contributed by atoms with E-state index in [9.17, 15) is 0 Å². The normalized spacial score (nSPS) is 35.9. The SMILES string of the molecule is CC1C=NC=C2SC=NC21. The Labute approximate surface area is 64.1 Å². The lowest BCUT2D eigenvalue weighted by Gasteiger charge is -2.15. The molecule has 2 aliphatic heterocycles. The van der Waals surface area contributed by atoms with E-state index in [1.165, 1.54) is 4.91 Å². The van der Waals surface area contributed by atoms with Crippen molar-refractivity contribution >= 4 is 23.5 Å². The van der Waals surface area contributed by atoms with Crippen LogP contribution in [0.3, 0.4) is 0 Å². The molecule has 0 saturated carbocycles. The van der Waals surface area contributed by atoms with Crippen LogP contribution in [0, 0.1) is 5.92 Å². The molecule has 52 valence electrons. The molecule has 0 aromatic carbocycles. The summed E-state index contributed by atoms with van der Waals surface area (Å²) in [6.07, 6.45) is 3.86. The summed E-state index contributed by atoms with van der Waals surface area (Å²) in [5, 5.41) is 0. The highest BCUT2D eigenvalue weighted by Crippen LogP contribution is 2.32. The van der Waals surface area contributed by atoms with Gasteiger partial charge in [-0.05, 0) is 0 Å². The van der Waals surface area contributed by atoms with Crippen LogP contribution in [0.1, 0.15) is 6.92 Å². The minimum atomic E-state index is 0.377. The molecular formula is C7H8N2S. The number of hydrogen-bond acceptors (Lipinski definition) is 3. The zero-order valence-electron chi connectivity index (χ0n) is 5.69. The van der Waals surface area contributed by atoms with Gasteiger partial charge in [0.15, 0.2) is 0 Å². The minimum Gasteiger partial charge on any atom is -0.277 e. The topological polar surface area (TPSA) is 24.7 Å². The van der Waals surface area contributed by atoms with Gasteiger partial charge in [-0.2, -0.15) is 0 Å². The van der Waals surface area contributed by atoms with E-state index in [0.717, 1.165) is 0 Å². The van der Waals surface area contributed by atoms with Gasteiger partial charge >= 0.3 is 0 Å². The van der Waals surface area contributed by atoms with Crippen molar-refractivity contribution in [1.82, 2.24) is 0 Å². The van der Waals surface area contributed by atoms with E-state index >= 15 is 0 Å². The van der Waals surface area contributed by atoms with Crippen LogP contribution in [0.15, 0.2) is 21.1 Å². The summed E-state index contributed by atoms with van der Waals surface area (Å²) in [6.45, 7) is 2.14. The van der Waals surface area contributed by atoms with Crippen LogP contribution < -0.4 is 0 Å². The predicted molar refractivity (Wildman–Crippen MR) is 45.6 cm³/mol. The molecule has 3 heteroatoms. The van der Waals surface area contributed by atoms with Gasteiger partial charge in [-0.15, -0.1) is 0 Å². The van der Waals surface area contributed by atoms with Gasteiger partial charge in [0.25, 0.3) is 0 Å². The number of fused-ring (bicyclic) bond motifs is 1.